The van der Waals surface area contributed by atoms with Crippen LogP contribution in [0.2, 0.25) is 0 Å². The highest BCUT2D eigenvalue weighted by molar-refractivity contribution is 9.11. The molecule has 90 valence electrons. The highest BCUT2D eigenvalue weighted by Gasteiger charge is 2.13. The molecule has 0 saturated carbocycles. The Labute approximate surface area is 117 Å². The zero-order valence-corrected chi connectivity index (χ0v) is 12.5. The first-order valence-electron chi connectivity index (χ1n) is 5.31. The van der Waals surface area contributed by atoms with Gasteiger partial charge in [0.25, 0.3) is 0 Å². The van der Waals surface area contributed by atoms with E-state index in [1.165, 1.54) is 6.39 Å². The summed E-state index contributed by atoms with van der Waals surface area (Å²) in [7, 11) is 0. The molecule has 0 atom stereocenters. The van der Waals surface area contributed by atoms with Crippen molar-refractivity contribution in [3.05, 3.63) is 39.2 Å². The van der Waals surface area contributed by atoms with Crippen LogP contribution >= 0.6 is 31.9 Å². The molecule has 0 aliphatic heterocycles. The highest BCUT2D eigenvalue weighted by atomic mass is 79.9. The molecular weight excluding hydrogens is 348 g/mol. The molecule has 1 heterocycles. The van der Waals surface area contributed by atoms with Gasteiger partial charge in [-0.15, -0.1) is 0 Å². The molecule has 0 spiro atoms. The lowest BCUT2D eigenvalue weighted by Gasteiger charge is -2.05. The summed E-state index contributed by atoms with van der Waals surface area (Å²) in [6.07, 6.45) is 1.48. The van der Waals surface area contributed by atoms with E-state index < -0.39 is 0 Å². The maximum Gasteiger partial charge on any atom is 0.181 e. The van der Waals surface area contributed by atoms with Crippen molar-refractivity contribution in [3.63, 3.8) is 0 Å². The maximum absolute atomic E-state index is 5.48. The first kappa shape index (κ1) is 12.8. The number of hydrogen-bond donors (Lipinski definition) is 1. The van der Waals surface area contributed by atoms with E-state index >= 15 is 0 Å². The maximum atomic E-state index is 5.48. The molecule has 0 bridgehead atoms. The molecule has 3 nitrogen and oxygen atoms in total. The Kier molecular flexibility index (Phi) is 4.36. The minimum absolute atomic E-state index is 0.710. The minimum Gasteiger partial charge on any atom is -0.443 e. The van der Waals surface area contributed by atoms with Gasteiger partial charge < -0.3 is 9.73 Å². The number of aromatic nitrogens is 1. The molecule has 1 aromatic carbocycles. The van der Waals surface area contributed by atoms with Gasteiger partial charge in [-0.2, -0.15) is 0 Å². The number of rotatable bonds is 4. The van der Waals surface area contributed by atoms with Crippen LogP contribution < -0.4 is 5.32 Å². The van der Waals surface area contributed by atoms with Crippen LogP contribution in [-0.4, -0.2) is 11.5 Å². The zero-order valence-electron chi connectivity index (χ0n) is 9.34. The van der Waals surface area contributed by atoms with Crippen molar-refractivity contribution in [1.82, 2.24) is 10.3 Å². The summed E-state index contributed by atoms with van der Waals surface area (Å²) in [5.74, 6) is 0.805. The fourth-order valence-corrected chi connectivity index (χ4v) is 2.32. The fourth-order valence-electron chi connectivity index (χ4n) is 1.53. The summed E-state index contributed by atoms with van der Waals surface area (Å²) < 4.78 is 7.49. The zero-order chi connectivity index (χ0) is 12.3. The highest BCUT2D eigenvalue weighted by Crippen LogP contribution is 2.32. The molecule has 0 unspecified atom stereocenters. The molecule has 0 radical (unpaired) electrons. The van der Waals surface area contributed by atoms with Crippen LogP contribution in [0.15, 0.2) is 38.0 Å². The number of benzene rings is 1. The molecule has 0 fully saturated rings. The number of oxazole rings is 1. The summed E-state index contributed by atoms with van der Waals surface area (Å²) >= 11 is 6.99. The van der Waals surface area contributed by atoms with Crippen LogP contribution in [0.5, 0.6) is 0 Å². The van der Waals surface area contributed by atoms with Crippen molar-refractivity contribution in [1.29, 1.82) is 0 Å². The second kappa shape index (κ2) is 5.80. The molecule has 17 heavy (non-hydrogen) atoms. The number of hydrogen-bond acceptors (Lipinski definition) is 3. The van der Waals surface area contributed by atoms with Crippen molar-refractivity contribution in [3.8, 4) is 11.3 Å². The minimum atomic E-state index is 0.710. The van der Waals surface area contributed by atoms with Gasteiger partial charge in [0.1, 0.15) is 5.69 Å². The van der Waals surface area contributed by atoms with E-state index in [0.29, 0.717) is 6.54 Å². The Hall–Kier alpha value is -0.650. The van der Waals surface area contributed by atoms with E-state index in [4.69, 9.17) is 4.42 Å². The van der Waals surface area contributed by atoms with Crippen LogP contribution in [0.25, 0.3) is 11.3 Å². The van der Waals surface area contributed by atoms with Crippen LogP contribution in [0.1, 0.15) is 12.6 Å². The average molecular weight is 360 g/mol. The summed E-state index contributed by atoms with van der Waals surface area (Å²) in [6.45, 7) is 3.68. The van der Waals surface area contributed by atoms with Crippen molar-refractivity contribution in [2.24, 2.45) is 0 Å². The lowest BCUT2D eigenvalue weighted by molar-refractivity contribution is 0.569. The first-order chi connectivity index (χ1) is 8.22. The third-order valence-electron chi connectivity index (χ3n) is 2.36. The lowest BCUT2D eigenvalue weighted by Crippen LogP contribution is -2.12. The summed E-state index contributed by atoms with van der Waals surface area (Å²) in [6, 6.07) is 5.98. The number of nitrogens with one attached hydrogen (secondary N) is 1. The Morgan fingerprint density at radius 1 is 1.35 bits per heavy atom. The van der Waals surface area contributed by atoms with Crippen LogP contribution in [-0.2, 0) is 6.54 Å². The van der Waals surface area contributed by atoms with E-state index in [2.05, 4.69) is 49.1 Å². The second-order valence-electron chi connectivity index (χ2n) is 3.53. The molecule has 5 heteroatoms. The Bertz CT molecular complexity index is 511. The van der Waals surface area contributed by atoms with E-state index in [9.17, 15) is 0 Å². The molecule has 2 aromatic rings. The normalized spacial score (nSPS) is 10.8. The molecular formula is C12H12Br2N2O. The predicted molar refractivity (Wildman–Crippen MR) is 74.7 cm³/mol. The lowest BCUT2D eigenvalue weighted by atomic mass is 10.1. The van der Waals surface area contributed by atoms with Crippen LogP contribution in [0.3, 0.4) is 0 Å². The molecule has 0 amide bonds. The van der Waals surface area contributed by atoms with Gasteiger partial charge in [-0.05, 0) is 24.7 Å². The van der Waals surface area contributed by atoms with Crippen LogP contribution in [0, 0.1) is 0 Å². The van der Waals surface area contributed by atoms with E-state index in [1.807, 2.05) is 18.2 Å². The summed E-state index contributed by atoms with van der Waals surface area (Å²) in [5, 5.41) is 3.25. The van der Waals surface area contributed by atoms with Gasteiger partial charge in [-0.3, -0.25) is 0 Å². The number of nitrogens with zero attached hydrogens (tertiary/aromatic N) is 1. The fraction of sp³-hybridized carbons (Fsp3) is 0.250. The van der Waals surface area contributed by atoms with Gasteiger partial charge in [-0.25, -0.2) is 4.98 Å². The molecule has 0 aliphatic rings. The molecule has 1 N–H and O–H groups in total. The monoisotopic (exact) mass is 358 g/mol. The second-order valence-corrected chi connectivity index (χ2v) is 5.30. The summed E-state index contributed by atoms with van der Waals surface area (Å²) in [4.78, 5) is 4.24. The van der Waals surface area contributed by atoms with Crippen molar-refractivity contribution >= 4 is 31.9 Å². The quantitative estimate of drug-likeness (QED) is 0.897. The molecule has 0 saturated heterocycles. The van der Waals surface area contributed by atoms with Gasteiger partial charge >= 0.3 is 0 Å². The molecule has 2 rings (SSSR count). The van der Waals surface area contributed by atoms with Gasteiger partial charge in [-0.1, -0.05) is 38.8 Å². The van der Waals surface area contributed by atoms with Crippen molar-refractivity contribution in [2.75, 3.05) is 6.54 Å². The third kappa shape index (κ3) is 2.97. The smallest absolute Gasteiger partial charge is 0.181 e. The Morgan fingerprint density at radius 2 is 2.18 bits per heavy atom. The molecule has 1 aromatic heterocycles. The van der Waals surface area contributed by atoms with E-state index in [1.54, 1.807) is 0 Å². The van der Waals surface area contributed by atoms with Gasteiger partial charge in [0, 0.05) is 21.1 Å². The number of halogens is 2. The molecule has 0 aliphatic carbocycles. The SMILES string of the molecule is CCNCc1ncoc1-c1cc(Br)ccc1Br. The topological polar surface area (TPSA) is 38.1 Å². The standard InChI is InChI=1S/C12H12Br2N2O/c1-2-15-6-11-12(17-7-16-11)9-5-8(13)3-4-10(9)14/h3-5,7,15H,2,6H2,1H3. The predicted octanol–water partition coefficient (Wildman–Crippen LogP) is 3.98. The van der Waals surface area contributed by atoms with E-state index in [-0.39, 0.29) is 0 Å². The largest absolute Gasteiger partial charge is 0.443 e. The average Bonchev–Trinajstić information content (AvgIpc) is 2.77. The van der Waals surface area contributed by atoms with E-state index in [0.717, 1.165) is 32.5 Å². The first-order valence-corrected chi connectivity index (χ1v) is 6.89. The Balaban J connectivity index is 2.38. The Morgan fingerprint density at radius 3 is 2.94 bits per heavy atom. The van der Waals surface area contributed by atoms with Crippen molar-refractivity contribution in [2.45, 2.75) is 13.5 Å². The third-order valence-corrected chi connectivity index (χ3v) is 3.54. The van der Waals surface area contributed by atoms with Crippen molar-refractivity contribution < 1.29 is 4.42 Å². The van der Waals surface area contributed by atoms with Crippen LogP contribution in [0.4, 0.5) is 0 Å². The van der Waals surface area contributed by atoms with Gasteiger partial charge in [0.15, 0.2) is 12.2 Å². The van der Waals surface area contributed by atoms with Gasteiger partial charge in [0.05, 0.1) is 0 Å². The van der Waals surface area contributed by atoms with Gasteiger partial charge in [0.2, 0.25) is 0 Å². The summed E-state index contributed by atoms with van der Waals surface area (Å²) in [5.41, 5.74) is 1.93.